The first-order chi connectivity index (χ1) is 25.8. The average molecular weight is 705 g/mol. The van der Waals surface area contributed by atoms with E-state index < -0.39 is 0 Å². The minimum absolute atomic E-state index is 0.00257. The fraction of sp³-hybridized carbons (Fsp3) is 0.320. The van der Waals surface area contributed by atoms with Gasteiger partial charge in [-0.2, -0.15) is 0 Å². The average Bonchev–Trinajstić information content (AvgIpc) is 3.62. The minimum Gasteiger partial charge on any atom is -0.456 e. The monoisotopic (exact) mass is 704 g/mol. The van der Waals surface area contributed by atoms with Crippen LogP contribution >= 0.6 is 0 Å². The first-order valence-electron chi connectivity index (χ1n) is 20.2. The van der Waals surface area contributed by atoms with Gasteiger partial charge in [0.1, 0.15) is 11.2 Å². The standard InChI is InChI=1S/C50H49BN2O/c1-47(2,3)31-20-22-33(23-21-31)53-44-34-16-10-9-15-30(34)19-24-35(44)37-29-41-42(36-17-11-12-18-40(36)54-41)46-43(37)51(53)39-28-32(48(4,5)6)27-38-45(39)52(46)50(8)26-14-13-25-49(38,50)7/h9-12,15-24,27-29H,13-14,25-26H2,1-8H3. The molecule has 0 radical (unpaired) electrons. The summed E-state index contributed by atoms with van der Waals surface area (Å²) < 4.78 is 6.89. The highest BCUT2D eigenvalue weighted by molar-refractivity contribution is 6.94. The molecule has 2 atom stereocenters. The van der Waals surface area contributed by atoms with Crippen LogP contribution in [0.25, 0.3) is 43.8 Å². The second kappa shape index (κ2) is 10.4. The van der Waals surface area contributed by atoms with Crippen molar-refractivity contribution in [3.8, 4) is 11.1 Å². The number of rotatable bonds is 1. The number of benzene rings is 6. The molecule has 54 heavy (non-hydrogen) atoms. The van der Waals surface area contributed by atoms with Crippen molar-refractivity contribution in [1.29, 1.82) is 0 Å². The number of anilines is 4. The van der Waals surface area contributed by atoms with Crippen LogP contribution in [0.2, 0.25) is 0 Å². The number of fused-ring (bicyclic) bond motifs is 13. The number of nitrogens with zero attached hydrogens (tertiary/aromatic N) is 2. The van der Waals surface area contributed by atoms with Gasteiger partial charge in [0, 0.05) is 38.8 Å². The van der Waals surface area contributed by atoms with Crippen LogP contribution < -0.4 is 20.6 Å². The van der Waals surface area contributed by atoms with Gasteiger partial charge in [-0.05, 0) is 93.4 Å². The van der Waals surface area contributed by atoms with Crippen molar-refractivity contribution in [2.75, 3.05) is 9.71 Å². The van der Waals surface area contributed by atoms with Crippen LogP contribution in [0.4, 0.5) is 22.7 Å². The van der Waals surface area contributed by atoms with Crippen LogP contribution in [0.5, 0.6) is 0 Å². The van der Waals surface area contributed by atoms with Crippen molar-refractivity contribution in [1.82, 2.24) is 0 Å². The molecule has 4 heterocycles. The Balaban J connectivity index is 1.36. The maximum Gasteiger partial charge on any atom is 0.333 e. The Morgan fingerprint density at radius 2 is 1.33 bits per heavy atom. The van der Waals surface area contributed by atoms with Gasteiger partial charge in [-0.3, -0.25) is 0 Å². The molecule has 0 N–H and O–H groups in total. The predicted molar refractivity (Wildman–Crippen MR) is 230 cm³/mol. The summed E-state index contributed by atoms with van der Waals surface area (Å²) in [4.78, 5) is 5.60. The molecule has 268 valence electrons. The lowest BCUT2D eigenvalue weighted by atomic mass is 9.42. The second-order valence-corrected chi connectivity index (χ2v) is 19.3. The molecule has 11 rings (SSSR count). The molecule has 0 amide bonds. The molecule has 3 nitrogen and oxygen atoms in total. The predicted octanol–water partition coefficient (Wildman–Crippen LogP) is 12.3. The van der Waals surface area contributed by atoms with Crippen LogP contribution in [0.3, 0.4) is 0 Å². The molecule has 7 aromatic rings. The Hall–Kier alpha value is -4.96. The summed E-state index contributed by atoms with van der Waals surface area (Å²) in [6, 6.07) is 39.6. The largest absolute Gasteiger partial charge is 0.456 e. The van der Waals surface area contributed by atoms with Gasteiger partial charge < -0.3 is 14.1 Å². The fourth-order valence-corrected chi connectivity index (χ4v) is 11.1. The molecular formula is C50H49BN2O. The lowest BCUT2D eigenvalue weighted by Crippen LogP contribution is -2.64. The summed E-state index contributed by atoms with van der Waals surface area (Å²) in [5.74, 6) is 0. The van der Waals surface area contributed by atoms with E-state index in [0.717, 1.165) is 17.6 Å². The van der Waals surface area contributed by atoms with Gasteiger partial charge in [-0.25, -0.2) is 0 Å². The lowest BCUT2D eigenvalue weighted by Gasteiger charge is -2.53. The number of furan rings is 1. The summed E-state index contributed by atoms with van der Waals surface area (Å²) >= 11 is 0. The summed E-state index contributed by atoms with van der Waals surface area (Å²) in [5, 5.41) is 5.01. The SMILES string of the molecule is CC(C)(C)c1ccc(N2B3c4cc(C(C)(C)C)cc5c4N(c4c3c(cc3oc6ccccc6c43)-c3ccc4ccccc4c32)C2(C)CCCCC52C)cc1. The second-order valence-electron chi connectivity index (χ2n) is 19.3. The van der Waals surface area contributed by atoms with Gasteiger partial charge >= 0.3 is 6.85 Å². The van der Waals surface area contributed by atoms with E-state index in [1.54, 1.807) is 0 Å². The van der Waals surface area contributed by atoms with Gasteiger partial charge in [-0.1, -0.05) is 140 Å². The van der Waals surface area contributed by atoms with Crippen LogP contribution in [0, 0.1) is 0 Å². The summed E-state index contributed by atoms with van der Waals surface area (Å²) in [7, 11) is 0. The van der Waals surface area contributed by atoms with Crippen molar-refractivity contribution >= 4 is 73.2 Å². The van der Waals surface area contributed by atoms with Crippen LogP contribution in [0.15, 0.2) is 108 Å². The van der Waals surface area contributed by atoms with E-state index in [4.69, 9.17) is 4.42 Å². The van der Waals surface area contributed by atoms with Crippen molar-refractivity contribution in [2.24, 2.45) is 0 Å². The Labute approximate surface area is 320 Å². The molecule has 0 spiro atoms. The van der Waals surface area contributed by atoms with Crippen molar-refractivity contribution < 1.29 is 4.42 Å². The highest BCUT2D eigenvalue weighted by atomic mass is 16.3. The molecule has 0 bridgehead atoms. The van der Waals surface area contributed by atoms with Crippen molar-refractivity contribution in [3.63, 3.8) is 0 Å². The molecule has 1 aromatic heterocycles. The Morgan fingerprint density at radius 1 is 0.630 bits per heavy atom. The van der Waals surface area contributed by atoms with Gasteiger partial charge in [0.2, 0.25) is 0 Å². The summed E-state index contributed by atoms with van der Waals surface area (Å²) in [6.07, 6.45) is 4.86. The topological polar surface area (TPSA) is 19.6 Å². The lowest BCUT2D eigenvalue weighted by molar-refractivity contribution is 0.195. The van der Waals surface area contributed by atoms with E-state index in [1.165, 1.54) is 102 Å². The number of hydrogen-bond donors (Lipinski definition) is 0. The normalized spacial score (nSPS) is 21.4. The van der Waals surface area contributed by atoms with E-state index in [0.29, 0.717) is 0 Å². The highest BCUT2D eigenvalue weighted by Crippen LogP contribution is 2.64. The van der Waals surface area contributed by atoms with E-state index in [9.17, 15) is 0 Å². The van der Waals surface area contributed by atoms with E-state index in [-0.39, 0.29) is 28.6 Å². The van der Waals surface area contributed by atoms with Crippen molar-refractivity contribution in [3.05, 3.63) is 120 Å². The number of hydrogen-bond acceptors (Lipinski definition) is 3. The van der Waals surface area contributed by atoms with Gasteiger partial charge in [-0.15, -0.1) is 0 Å². The number of para-hydroxylation sites is 1. The van der Waals surface area contributed by atoms with Gasteiger partial charge in [0.25, 0.3) is 0 Å². The molecule has 0 saturated heterocycles. The zero-order chi connectivity index (χ0) is 37.1. The van der Waals surface area contributed by atoms with Crippen LogP contribution in [-0.2, 0) is 16.2 Å². The summed E-state index contributed by atoms with van der Waals surface area (Å²) in [5.41, 5.74) is 17.0. The molecule has 4 aliphatic rings. The van der Waals surface area contributed by atoms with Crippen LogP contribution in [-0.4, -0.2) is 12.4 Å². The Kier molecular flexibility index (Phi) is 6.26. The third-order valence-corrected chi connectivity index (χ3v) is 14.3. The van der Waals surface area contributed by atoms with E-state index in [2.05, 4.69) is 168 Å². The summed E-state index contributed by atoms with van der Waals surface area (Å²) in [6.45, 7) is 19.3. The third kappa shape index (κ3) is 3.99. The molecule has 3 aliphatic heterocycles. The van der Waals surface area contributed by atoms with Gasteiger partial charge in [0.05, 0.1) is 16.6 Å². The maximum atomic E-state index is 6.89. The Morgan fingerprint density at radius 3 is 2.09 bits per heavy atom. The first-order valence-corrected chi connectivity index (χ1v) is 20.2. The Bertz CT molecular complexity index is 2740. The maximum absolute atomic E-state index is 6.89. The molecule has 4 heteroatoms. The molecule has 6 aromatic carbocycles. The minimum atomic E-state index is -0.0902. The van der Waals surface area contributed by atoms with Gasteiger partial charge in [0.15, 0.2) is 0 Å². The third-order valence-electron chi connectivity index (χ3n) is 14.3. The zero-order valence-electron chi connectivity index (χ0n) is 33.0. The highest BCUT2D eigenvalue weighted by Gasteiger charge is 2.62. The molecular weight excluding hydrogens is 655 g/mol. The molecule has 2 unspecified atom stereocenters. The van der Waals surface area contributed by atoms with Crippen LogP contribution in [0.1, 0.15) is 97.8 Å². The zero-order valence-corrected chi connectivity index (χ0v) is 33.0. The quantitative estimate of drug-likeness (QED) is 0.159. The van der Waals surface area contributed by atoms with Crippen molar-refractivity contribution in [2.45, 2.75) is 103 Å². The van der Waals surface area contributed by atoms with E-state index >= 15 is 0 Å². The first kappa shape index (κ1) is 32.5. The molecule has 1 aliphatic carbocycles. The smallest absolute Gasteiger partial charge is 0.333 e. The fourth-order valence-electron chi connectivity index (χ4n) is 11.1. The molecule has 1 saturated carbocycles. The molecule has 1 fully saturated rings. The van der Waals surface area contributed by atoms with E-state index in [1.807, 2.05) is 0 Å².